The molecule has 0 radical (unpaired) electrons. The van der Waals surface area contributed by atoms with Crippen LogP contribution in [-0.2, 0) is 0 Å². The van der Waals surface area contributed by atoms with Gasteiger partial charge >= 0.3 is 0 Å². The molecular formula is C15H22F2N2. The average molecular weight is 268 g/mol. The van der Waals surface area contributed by atoms with Gasteiger partial charge in [-0.2, -0.15) is 0 Å². The molecule has 2 rings (SSSR count). The highest BCUT2D eigenvalue weighted by atomic mass is 19.1. The number of nitrogens with one attached hydrogen (secondary N) is 1. The monoisotopic (exact) mass is 268 g/mol. The minimum atomic E-state index is -0.446. The van der Waals surface area contributed by atoms with Crippen LogP contribution in [0.2, 0.25) is 0 Å². The Morgan fingerprint density at radius 2 is 1.63 bits per heavy atom. The van der Waals surface area contributed by atoms with E-state index in [1.54, 1.807) is 0 Å². The maximum absolute atomic E-state index is 14.1. The Labute approximate surface area is 113 Å². The van der Waals surface area contributed by atoms with Crippen LogP contribution in [0.5, 0.6) is 0 Å². The van der Waals surface area contributed by atoms with Crippen molar-refractivity contribution in [3.8, 4) is 0 Å². The van der Waals surface area contributed by atoms with Gasteiger partial charge in [-0.3, -0.25) is 4.90 Å². The fourth-order valence-corrected chi connectivity index (χ4v) is 2.88. The molecule has 0 unspecified atom stereocenters. The molecular weight excluding hydrogens is 246 g/mol. The molecule has 1 aliphatic rings. The Hall–Kier alpha value is -1.00. The third kappa shape index (κ3) is 3.12. The largest absolute Gasteiger partial charge is 0.314 e. The molecule has 0 amide bonds. The summed E-state index contributed by atoms with van der Waals surface area (Å²) in [4.78, 5) is 2.18. The molecule has 106 valence electrons. The molecule has 1 saturated heterocycles. The molecule has 1 fully saturated rings. The van der Waals surface area contributed by atoms with Crippen molar-refractivity contribution >= 4 is 0 Å². The zero-order valence-electron chi connectivity index (χ0n) is 11.8. The van der Waals surface area contributed by atoms with E-state index in [1.165, 1.54) is 18.2 Å². The molecule has 2 nitrogen and oxygen atoms in total. The van der Waals surface area contributed by atoms with Crippen LogP contribution in [0, 0.1) is 17.0 Å². The summed E-state index contributed by atoms with van der Waals surface area (Å²) in [6.07, 6.45) is 0. The van der Waals surface area contributed by atoms with Gasteiger partial charge in [0.1, 0.15) is 11.6 Å². The SMILES string of the molecule is CC(C)(C)[C@H](c1c(F)cccc1F)N1CCNCC1. The van der Waals surface area contributed by atoms with Crippen LogP contribution in [0.25, 0.3) is 0 Å². The predicted octanol–water partition coefficient (Wildman–Crippen LogP) is 2.96. The van der Waals surface area contributed by atoms with Crippen molar-refractivity contribution in [1.29, 1.82) is 0 Å². The van der Waals surface area contributed by atoms with Gasteiger partial charge in [0.2, 0.25) is 0 Å². The molecule has 1 aromatic rings. The molecule has 0 bridgehead atoms. The molecule has 19 heavy (non-hydrogen) atoms. The second-order valence-corrected chi connectivity index (χ2v) is 6.19. The first-order valence-electron chi connectivity index (χ1n) is 6.80. The zero-order chi connectivity index (χ0) is 14.0. The van der Waals surface area contributed by atoms with E-state index in [0.717, 1.165) is 26.2 Å². The minimum Gasteiger partial charge on any atom is -0.314 e. The van der Waals surface area contributed by atoms with Crippen molar-refractivity contribution < 1.29 is 8.78 Å². The van der Waals surface area contributed by atoms with E-state index in [4.69, 9.17) is 0 Å². The lowest BCUT2D eigenvalue weighted by molar-refractivity contribution is 0.0804. The van der Waals surface area contributed by atoms with Gasteiger partial charge in [0.25, 0.3) is 0 Å². The summed E-state index contributed by atoms with van der Waals surface area (Å²) in [6, 6.07) is 3.88. The van der Waals surface area contributed by atoms with Crippen LogP contribution in [0.1, 0.15) is 32.4 Å². The summed E-state index contributed by atoms with van der Waals surface area (Å²) >= 11 is 0. The summed E-state index contributed by atoms with van der Waals surface area (Å²) in [7, 11) is 0. The molecule has 1 aromatic carbocycles. The van der Waals surface area contributed by atoms with E-state index < -0.39 is 11.6 Å². The summed E-state index contributed by atoms with van der Waals surface area (Å²) in [5.74, 6) is -0.892. The lowest BCUT2D eigenvalue weighted by Crippen LogP contribution is -2.48. The molecule has 0 aliphatic carbocycles. The first-order valence-corrected chi connectivity index (χ1v) is 6.80. The third-order valence-electron chi connectivity index (χ3n) is 3.61. The van der Waals surface area contributed by atoms with Gasteiger partial charge in [0.15, 0.2) is 0 Å². The first-order chi connectivity index (χ1) is 8.91. The van der Waals surface area contributed by atoms with Crippen molar-refractivity contribution in [3.05, 3.63) is 35.4 Å². The number of rotatable bonds is 2. The summed E-state index contributed by atoms with van der Waals surface area (Å²) in [6.45, 7) is 9.46. The maximum atomic E-state index is 14.1. The standard InChI is InChI=1S/C15H22F2N2/c1-15(2,3)14(19-9-7-18-8-10-19)13-11(16)5-4-6-12(13)17/h4-6,14,18H,7-10H2,1-3H3/t14-/m0/s1. The highest BCUT2D eigenvalue weighted by Crippen LogP contribution is 2.40. The van der Waals surface area contributed by atoms with E-state index in [9.17, 15) is 8.78 Å². The maximum Gasteiger partial charge on any atom is 0.130 e. The topological polar surface area (TPSA) is 15.3 Å². The second kappa shape index (κ2) is 5.55. The molecule has 4 heteroatoms. The minimum absolute atomic E-state index is 0.205. The molecule has 0 saturated carbocycles. The van der Waals surface area contributed by atoms with Crippen molar-refractivity contribution in [1.82, 2.24) is 10.2 Å². The van der Waals surface area contributed by atoms with Crippen molar-refractivity contribution in [2.75, 3.05) is 26.2 Å². The summed E-state index contributed by atoms with van der Waals surface area (Å²) < 4.78 is 28.2. The fourth-order valence-electron chi connectivity index (χ4n) is 2.88. The van der Waals surface area contributed by atoms with Crippen molar-refractivity contribution in [2.45, 2.75) is 26.8 Å². The van der Waals surface area contributed by atoms with Crippen LogP contribution in [0.4, 0.5) is 8.78 Å². The van der Waals surface area contributed by atoms with Crippen LogP contribution in [-0.4, -0.2) is 31.1 Å². The lowest BCUT2D eigenvalue weighted by atomic mass is 9.80. The Morgan fingerprint density at radius 1 is 1.11 bits per heavy atom. The Balaban J connectivity index is 2.43. The van der Waals surface area contributed by atoms with Crippen LogP contribution in [0.3, 0.4) is 0 Å². The lowest BCUT2D eigenvalue weighted by Gasteiger charge is -2.42. The van der Waals surface area contributed by atoms with E-state index in [1.807, 2.05) is 20.8 Å². The van der Waals surface area contributed by atoms with Crippen molar-refractivity contribution in [3.63, 3.8) is 0 Å². The third-order valence-corrected chi connectivity index (χ3v) is 3.61. The van der Waals surface area contributed by atoms with Gasteiger partial charge in [-0.05, 0) is 17.5 Å². The Bertz CT molecular complexity index is 414. The smallest absolute Gasteiger partial charge is 0.130 e. The molecule has 1 aliphatic heterocycles. The Kier molecular flexibility index (Phi) is 4.21. The van der Waals surface area contributed by atoms with Gasteiger partial charge in [0, 0.05) is 37.8 Å². The molecule has 1 heterocycles. The first kappa shape index (κ1) is 14.4. The van der Waals surface area contributed by atoms with Crippen molar-refractivity contribution in [2.24, 2.45) is 5.41 Å². The number of benzene rings is 1. The van der Waals surface area contributed by atoms with E-state index in [-0.39, 0.29) is 17.0 Å². The molecule has 0 aromatic heterocycles. The number of hydrogen-bond acceptors (Lipinski definition) is 2. The summed E-state index contributed by atoms with van der Waals surface area (Å²) in [5, 5.41) is 3.27. The zero-order valence-corrected chi connectivity index (χ0v) is 11.8. The van der Waals surface area contributed by atoms with E-state index in [0.29, 0.717) is 0 Å². The highest BCUT2D eigenvalue weighted by molar-refractivity contribution is 5.25. The van der Waals surface area contributed by atoms with E-state index >= 15 is 0 Å². The molecule has 1 N–H and O–H groups in total. The van der Waals surface area contributed by atoms with Gasteiger partial charge in [-0.25, -0.2) is 8.78 Å². The number of nitrogens with zero attached hydrogens (tertiary/aromatic N) is 1. The van der Waals surface area contributed by atoms with Gasteiger partial charge in [0.05, 0.1) is 0 Å². The van der Waals surface area contributed by atoms with E-state index in [2.05, 4.69) is 10.2 Å². The number of halogens is 2. The normalized spacial score (nSPS) is 19.4. The van der Waals surface area contributed by atoms with Gasteiger partial charge in [-0.15, -0.1) is 0 Å². The van der Waals surface area contributed by atoms with Gasteiger partial charge < -0.3 is 5.32 Å². The van der Waals surface area contributed by atoms with Gasteiger partial charge in [-0.1, -0.05) is 26.8 Å². The van der Waals surface area contributed by atoms with Crippen LogP contribution < -0.4 is 5.32 Å². The fraction of sp³-hybridized carbons (Fsp3) is 0.600. The molecule has 0 spiro atoms. The van der Waals surface area contributed by atoms with Crippen LogP contribution in [0.15, 0.2) is 18.2 Å². The Morgan fingerprint density at radius 3 is 2.11 bits per heavy atom. The number of hydrogen-bond donors (Lipinski definition) is 1. The second-order valence-electron chi connectivity index (χ2n) is 6.19. The quantitative estimate of drug-likeness (QED) is 0.887. The average Bonchev–Trinajstić information content (AvgIpc) is 2.33. The highest BCUT2D eigenvalue weighted by Gasteiger charge is 2.36. The molecule has 1 atom stereocenters. The number of piperazine rings is 1. The predicted molar refractivity (Wildman–Crippen MR) is 73.0 cm³/mol. The van der Waals surface area contributed by atoms with Crippen LogP contribution >= 0.6 is 0 Å². The summed E-state index contributed by atoms with van der Waals surface area (Å²) in [5.41, 5.74) is -0.0164.